The second kappa shape index (κ2) is 4.25. The first kappa shape index (κ1) is 11.1. The lowest BCUT2D eigenvalue weighted by molar-refractivity contribution is -0.135. The van der Waals surface area contributed by atoms with Crippen molar-refractivity contribution in [2.45, 2.75) is 32.7 Å². The van der Waals surface area contributed by atoms with E-state index < -0.39 is 0 Å². The van der Waals surface area contributed by atoms with Crippen molar-refractivity contribution in [2.75, 3.05) is 6.54 Å². The zero-order chi connectivity index (χ0) is 11.6. The molecule has 5 nitrogen and oxygen atoms in total. The smallest absolute Gasteiger partial charge is 0.227 e. The molecular formula is C11H17N3O2. The third-order valence-electron chi connectivity index (χ3n) is 3.25. The summed E-state index contributed by atoms with van der Waals surface area (Å²) in [5.74, 6) is 1.32. The van der Waals surface area contributed by atoms with Crippen LogP contribution in [0.1, 0.15) is 30.9 Å². The summed E-state index contributed by atoms with van der Waals surface area (Å²) in [6.07, 6.45) is 4.51. The molecule has 1 saturated carbocycles. The molecule has 88 valence electrons. The van der Waals surface area contributed by atoms with E-state index in [2.05, 4.69) is 10.3 Å². The number of rotatable bonds is 4. The van der Waals surface area contributed by atoms with E-state index in [-0.39, 0.29) is 11.3 Å². The summed E-state index contributed by atoms with van der Waals surface area (Å²) in [6, 6.07) is 0. The molecule has 5 heteroatoms. The van der Waals surface area contributed by atoms with Crippen LogP contribution in [0.25, 0.3) is 0 Å². The van der Waals surface area contributed by atoms with Crippen LogP contribution >= 0.6 is 0 Å². The van der Waals surface area contributed by atoms with Crippen molar-refractivity contribution >= 4 is 5.91 Å². The van der Waals surface area contributed by atoms with Crippen LogP contribution in [-0.4, -0.2) is 17.4 Å². The fourth-order valence-electron chi connectivity index (χ4n) is 1.95. The summed E-state index contributed by atoms with van der Waals surface area (Å²) in [6.45, 7) is 2.59. The van der Waals surface area contributed by atoms with Gasteiger partial charge in [-0.25, -0.2) is 4.98 Å². The normalized spacial score (nSPS) is 17.9. The summed E-state index contributed by atoms with van der Waals surface area (Å²) >= 11 is 0. The number of oxazole rings is 1. The van der Waals surface area contributed by atoms with Crippen molar-refractivity contribution in [3.63, 3.8) is 0 Å². The van der Waals surface area contributed by atoms with E-state index in [1.807, 2.05) is 6.92 Å². The number of carbonyl (C=O) groups is 1. The number of aryl methyl sites for hydroxylation is 1. The van der Waals surface area contributed by atoms with Crippen molar-refractivity contribution in [2.24, 2.45) is 11.1 Å². The molecule has 0 spiro atoms. The van der Waals surface area contributed by atoms with E-state index in [1.54, 1.807) is 6.20 Å². The first-order chi connectivity index (χ1) is 7.66. The highest BCUT2D eigenvalue weighted by Crippen LogP contribution is 2.39. The number of amides is 1. The van der Waals surface area contributed by atoms with Gasteiger partial charge in [-0.05, 0) is 19.8 Å². The highest BCUT2D eigenvalue weighted by molar-refractivity contribution is 5.83. The van der Waals surface area contributed by atoms with Gasteiger partial charge in [0.05, 0.1) is 18.2 Å². The standard InChI is InChI=1S/C11H17N3O2/c1-8-5-13-9(16-8)6-14-10(15)11(7-12)3-2-4-11/h5H,2-4,6-7,12H2,1H3,(H,14,15). The van der Waals surface area contributed by atoms with Crippen molar-refractivity contribution < 1.29 is 9.21 Å². The molecule has 0 bridgehead atoms. The molecule has 1 amide bonds. The van der Waals surface area contributed by atoms with E-state index in [1.165, 1.54) is 0 Å². The summed E-state index contributed by atoms with van der Waals surface area (Å²) in [5.41, 5.74) is 5.31. The van der Waals surface area contributed by atoms with Crippen LogP contribution in [0.5, 0.6) is 0 Å². The first-order valence-corrected chi connectivity index (χ1v) is 5.56. The third kappa shape index (κ3) is 1.95. The lowest BCUT2D eigenvalue weighted by Crippen LogP contribution is -2.50. The van der Waals surface area contributed by atoms with Gasteiger partial charge in [-0.3, -0.25) is 4.79 Å². The van der Waals surface area contributed by atoms with E-state index in [4.69, 9.17) is 10.2 Å². The molecule has 0 radical (unpaired) electrons. The summed E-state index contributed by atoms with van der Waals surface area (Å²) < 4.78 is 5.27. The zero-order valence-electron chi connectivity index (χ0n) is 9.45. The molecule has 1 aromatic rings. The van der Waals surface area contributed by atoms with Gasteiger partial charge in [-0.2, -0.15) is 0 Å². The molecule has 0 aromatic carbocycles. The summed E-state index contributed by atoms with van der Waals surface area (Å²) in [4.78, 5) is 15.9. The van der Waals surface area contributed by atoms with Crippen molar-refractivity contribution in [1.82, 2.24) is 10.3 Å². The Hall–Kier alpha value is -1.36. The fourth-order valence-corrected chi connectivity index (χ4v) is 1.95. The predicted molar refractivity (Wildman–Crippen MR) is 58.4 cm³/mol. The Morgan fingerprint density at radius 2 is 2.44 bits per heavy atom. The molecule has 0 saturated heterocycles. The Balaban J connectivity index is 1.88. The average Bonchev–Trinajstić information content (AvgIpc) is 2.60. The topological polar surface area (TPSA) is 81.2 Å². The molecular weight excluding hydrogens is 206 g/mol. The van der Waals surface area contributed by atoms with Crippen molar-refractivity contribution in [3.8, 4) is 0 Å². The van der Waals surface area contributed by atoms with E-state index in [9.17, 15) is 4.79 Å². The zero-order valence-corrected chi connectivity index (χ0v) is 9.45. The van der Waals surface area contributed by atoms with Gasteiger partial charge >= 0.3 is 0 Å². The maximum atomic E-state index is 11.9. The number of nitrogens with zero attached hydrogens (tertiary/aromatic N) is 1. The maximum Gasteiger partial charge on any atom is 0.227 e. The van der Waals surface area contributed by atoms with Gasteiger partial charge in [0.2, 0.25) is 11.8 Å². The van der Waals surface area contributed by atoms with Crippen LogP contribution in [0.3, 0.4) is 0 Å². The summed E-state index contributed by atoms with van der Waals surface area (Å²) in [7, 11) is 0. The monoisotopic (exact) mass is 223 g/mol. The van der Waals surface area contributed by atoms with E-state index in [0.717, 1.165) is 25.0 Å². The molecule has 1 fully saturated rings. The number of carbonyl (C=O) groups excluding carboxylic acids is 1. The van der Waals surface area contributed by atoms with Crippen LogP contribution in [0, 0.1) is 12.3 Å². The van der Waals surface area contributed by atoms with Crippen LogP contribution in [0.4, 0.5) is 0 Å². The number of nitrogens with one attached hydrogen (secondary N) is 1. The minimum atomic E-state index is -0.332. The van der Waals surface area contributed by atoms with Crippen LogP contribution in [0.2, 0.25) is 0 Å². The van der Waals surface area contributed by atoms with Crippen LogP contribution in [0.15, 0.2) is 10.6 Å². The van der Waals surface area contributed by atoms with Gasteiger partial charge in [0.15, 0.2) is 0 Å². The highest BCUT2D eigenvalue weighted by Gasteiger charge is 2.42. The lowest BCUT2D eigenvalue weighted by Gasteiger charge is -2.38. The Morgan fingerprint density at radius 1 is 1.69 bits per heavy atom. The van der Waals surface area contributed by atoms with Gasteiger partial charge in [0.1, 0.15) is 5.76 Å². The lowest BCUT2D eigenvalue weighted by atomic mass is 9.68. The van der Waals surface area contributed by atoms with Crippen molar-refractivity contribution in [3.05, 3.63) is 17.8 Å². The van der Waals surface area contributed by atoms with Gasteiger partial charge in [0.25, 0.3) is 0 Å². The molecule has 1 aromatic heterocycles. The average molecular weight is 223 g/mol. The highest BCUT2D eigenvalue weighted by atomic mass is 16.4. The largest absolute Gasteiger partial charge is 0.444 e. The number of hydrogen-bond acceptors (Lipinski definition) is 4. The van der Waals surface area contributed by atoms with Crippen LogP contribution < -0.4 is 11.1 Å². The van der Waals surface area contributed by atoms with E-state index >= 15 is 0 Å². The minimum absolute atomic E-state index is 0.0251. The Bertz CT molecular complexity index is 377. The Kier molecular flexibility index (Phi) is 2.96. The first-order valence-electron chi connectivity index (χ1n) is 5.56. The number of nitrogens with two attached hydrogens (primary N) is 1. The molecule has 0 aliphatic heterocycles. The molecule has 1 heterocycles. The molecule has 3 N–H and O–H groups in total. The Morgan fingerprint density at radius 3 is 2.88 bits per heavy atom. The summed E-state index contributed by atoms with van der Waals surface area (Å²) in [5, 5.41) is 2.83. The second-order valence-electron chi connectivity index (χ2n) is 4.39. The Labute approximate surface area is 94.4 Å². The quantitative estimate of drug-likeness (QED) is 0.788. The second-order valence-corrected chi connectivity index (χ2v) is 4.39. The SMILES string of the molecule is Cc1cnc(CNC(=O)C2(CN)CCC2)o1. The third-order valence-corrected chi connectivity index (χ3v) is 3.25. The number of hydrogen-bond donors (Lipinski definition) is 2. The maximum absolute atomic E-state index is 11.9. The number of aromatic nitrogens is 1. The molecule has 1 aliphatic rings. The minimum Gasteiger partial charge on any atom is -0.444 e. The fraction of sp³-hybridized carbons (Fsp3) is 0.636. The van der Waals surface area contributed by atoms with Crippen LogP contribution in [-0.2, 0) is 11.3 Å². The van der Waals surface area contributed by atoms with Gasteiger partial charge < -0.3 is 15.5 Å². The molecule has 16 heavy (non-hydrogen) atoms. The molecule has 0 unspecified atom stereocenters. The molecule has 0 atom stereocenters. The predicted octanol–water partition coefficient (Wildman–Crippen LogP) is 0.728. The molecule has 1 aliphatic carbocycles. The van der Waals surface area contributed by atoms with Gasteiger partial charge in [0, 0.05) is 6.54 Å². The van der Waals surface area contributed by atoms with Crippen molar-refractivity contribution in [1.29, 1.82) is 0 Å². The van der Waals surface area contributed by atoms with Gasteiger partial charge in [-0.15, -0.1) is 0 Å². The molecule has 2 rings (SSSR count). The van der Waals surface area contributed by atoms with E-state index in [0.29, 0.717) is 19.0 Å². The van der Waals surface area contributed by atoms with Gasteiger partial charge in [-0.1, -0.05) is 6.42 Å².